The van der Waals surface area contributed by atoms with Crippen LogP contribution >= 0.6 is 0 Å². The number of unbranched alkanes of at least 4 members (excludes halogenated alkanes) is 1. The topological polar surface area (TPSA) is 122 Å². The first-order chi connectivity index (χ1) is 7.40. The van der Waals surface area contributed by atoms with Crippen molar-refractivity contribution in [1.82, 2.24) is 5.48 Å². The van der Waals surface area contributed by atoms with E-state index in [2.05, 4.69) is 0 Å². The van der Waals surface area contributed by atoms with E-state index in [0.29, 0.717) is 13.0 Å². The molecule has 2 atom stereocenters. The predicted octanol–water partition coefficient (Wildman–Crippen LogP) is -0.663. The van der Waals surface area contributed by atoms with Crippen molar-refractivity contribution in [2.75, 3.05) is 13.1 Å². The number of aliphatic hydroxyl groups is 1. The van der Waals surface area contributed by atoms with Gasteiger partial charge >= 0.3 is 0 Å². The maximum Gasteiger partial charge on any atom is 0.152 e. The van der Waals surface area contributed by atoms with Crippen molar-refractivity contribution >= 4 is 5.78 Å². The van der Waals surface area contributed by atoms with Crippen molar-refractivity contribution in [2.24, 2.45) is 17.4 Å². The molecule has 0 aromatic rings. The van der Waals surface area contributed by atoms with Crippen molar-refractivity contribution in [3.63, 3.8) is 0 Å². The Hall–Kier alpha value is -0.530. The van der Waals surface area contributed by atoms with E-state index in [9.17, 15) is 9.90 Å². The zero-order valence-electron chi connectivity index (χ0n) is 9.78. The number of rotatable bonds is 9. The summed E-state index contributed by atoms with van der Waals surface area (Å²) < 4.78 is 0. The minimum atomic E-state index is -1.36. The minimum absolute atomic E-state index is 0.122. The molecule has 0 aromatic heterocycles. The summed E-state index contributed by atoms with van der Waals surface area (Å²) in [5.74, 6) is -0.489. The van der Waals surface area contributed by atoms with Crippen molar-refractivity contribution in [2.45, 2.75) is 38.3 Å². The Bertz CT molecular complexity index is 204. The number of hydrogen-bond acceptors (Lipinski definition) is 6. The molecule has 0 rings (SSSR count). The summed E-state index contributed by atoms with van der Waals surface area (Å²) in [7, 11) is 0. The quantitative estimate of drug-likeness (QED) is 0.205. The van der Waals surface area contributed by atoms with Gasteiger partial charge in [-0.05, 0) is 32.7 Å². The normalized spacial score (nSPS) is 16.8. The second kappa shape index (κ2) is 7.70. The van der Waals surface area contributed by atoms with Gasteiger partial charge in [-0.1, -0.05) is 6.42 Å². The third kappa shape index (κ3) is 7.72. The molecule has 0 spiro atoms. The smallest absolute Gasteiger partial charge is 0.152 e. The molecule has 0 aliphatic heterocycles. The largest absolute Gasteiger partial charge is 0.376 e. The van der Waals surface area contributed by atoms with Crippen LogP contribution in [0.15, 0.2) is 0 Å². The number of nitrogens with one attached hydrogen (secondary N) is 1. The highest BCUT2D eigenvalue weighted by molar-refractivity contribution is 5.82. The van der Waals surface area contributed by atoms with E-state index in [4.69, 9.17) is 16.7 Å². The van der Waals surface area contributed by atoms with Gasteiger partial charge in [-0.25, -0.2) is 0 Å². The van der Waals surface area contributed by atoms with E-state index >= 15 is 0 Å². The van der Waals surface area contributed by atoms with Crippen LogP contribution in [-0.2, 0) is 4.79 Å². The van der Waals surface area contributed by atoms with Crippen LogP contribution in [-0.4, -0.2) is 34.9 Å². The molecule has 7 N–H and O–H groups in total. The molecule has 0 bridgehead atoms. The fourth-order valence-corrected chi connectivity index (χ4v) is 1.63. The van der Waals surface area contributed by atoms with Crippen molar-refractivity contribution in [1.29, 1.82) is 0 Å². The number of Topliss-reactive ketones (excluding diaryl/α,β-unsaturated/α-hetero) is 1. The van der Waals surface area contributed by atoms with Crippen molar-refractivity contribution in [3.05, 3.63) is 0 Å². The fraction of sp³-hybridized carbons (Fsp3) is 0.900. The van der Waals surface area contributed by atoms with Crippen LogP contribution in [0.5, 0.6) is 0 Å². The molecule has 0 radical (unpaired) electrons. The second-order valence-corrected chi connectivity index (χ2v) is 4.34. The van der Waals surface area contributed by atoms with Crippen LogP contribution in [0, 0.1) is 5.92 Å². The average molecular weight is 233 g/mol. The van der Waals surface area contributed by atoms with Crippen LogP contribution in [0.4, 0.5) is 0 Å². The van der Waals surface area contributed by atoms with Gasteiger partial charge in [0.05, 0.1) is 6.54 Å². The molecule has 0 amide bonds. The first-order valence-corrected chi connectivity index (χ1v) is 5.51. The lowest BCUT2D eigenvalue weighted by atomic mass is 9.89. The zero-order valence-corrected chi connectivity index (χ0v) is 9.78. The molecule has 96 valence electrons. The van der Waals surface area contributed by atoms with Crippen LogP contribution in [0.25, 0.3) is 0 Å². The Morgan fingerprint density at radius 1 is 1.50 bits per heavy atom. The van der Waals surface area contributed by atoms with Crippen molar-refractivity contribution in [3.8, 4) is 0 Å². The highest BCUT2D eigenvalue weighted by Crippen LogP contribution is 2.19. The van der Waals surface area contributed by atoms with E-state index in [0.717, 1.165) is 12.8 Å². The SMILES string of the molecule is CC(N)(O)C[C@@H](CCCCN)C(=O)CNO. The summed E-state index contributed by atoms with van der Waals surface area (Å²) in [4.78, 5) is 11.6. The lowest BCUT2D eigenvalue weighted by molar-refractivity contribution is -0.126. The number of hydroxylamine groups is 1. The molecule has 0 saturated carbocycles. The third-order valence-corrected chi connectivity index (χ3v) is 2.38. The number of nitrogens with two attached hydrogens (primary N) is 2. The highest BCUT2D eigenvalue weighted by atomic mass is 16.5. The Labute approximate surface area is 96.0 Å². The fourth-order valence-electron chi connectivity index (χ4n) is 1.63. The molecule has 0 aliphatic rings. The van der Waals surface area contributed by atoms with Gasteiger partial charge in [-0.15, -0.1) is 0 Å². The molecular weight excluding hydrogens is 210 g/mol. The molecule has 0 saturated heterocycles. The summed E-state index contributed by atoms with van der Waals surface area (Å²) in [6.07, 6.45) is 2.47. The molecule has 0 aromatic carbocycles. The lowest BCUT2D eigenvalue weighted by Gasteiger charge is -2.23. The van der Waals surface area contributed by atoms with E-state index in [1.54, 1.807) is 0 Å². The zero-order chi connectivity index (χ0) is 12.6. The van der Waals surface area contributed by atoms with Crippen LogP contribution < -0.4 is 16.9 Å². The Morgan fingerprint density at radius 3 is 2.56 bits per heavy atom. The van der Waals surface area contributed by atoms with Crippen molar-refractivity contribution < 1.29 is 15.1 Å². The molecule has 6 heteroatoms. The first kappa shape index (κ1) is 15.5. The maximum absolute atomic E-state index is 11.6. The predicted molar refractivity (Wildman–Crippen MR) is 60.6 cm³/mol. The Balaban J connectivity index is 4.21. The van der Waals surface area contributed by atoms with Gasteiger partial charge < -0.3 is 21.8 Å². The van der Waals surface area contributed by atoms with Gasteiger partial charge in [-0.3, -0.25) is 4.79 Å². The second-order valence-electron chi connectivity index (χ2n) is 4.34. The summed E-state index contributed by atoms with van der Waals surface area (Å²) in [5.41, 5.74) is 11.3. The average Bonchev–Trinajstić information content (AvgIpc) is 2.15. The Kier molecular flexibility index (Phi) is 7.44. The van der Waals surface area contributed by atoms with E-state index in [1.807, 2.05) is 5.48 Å². The van der Waals surface area contributed by atoms with E-state index < -0.39 is 5.72 Å². The molecule has 0 heterocycles. The number of carbonyl (C=O) groups is 1. The maximum atomic E-state index is 11.6. The third-order valence-electron chi connectivity index (χ3n) is 2.38. The number of ketones is 1. The molecule has 0 aliphatic carbocycles. The summed E-state index contributed by atoms with van der Waals surface area (Å²) in [5, 5.41) is 18.0. The van der Waals surface area contributed by atoms with Gasteiger partial charge in [0.25, 0.3) is 0 Å². The van der Waals surface area contributed by atoms with E-state index in [-0.39, 0.29) is 24.7 Å². The summed E-state index contributed by atoms with van der Waals surface area (Å²) in [6.45, 7) is 1.92. The number of hydrogen-bond donors (Lipinski definition) is 5. The van der Waals surface area contributed by atoms with Gasteiger partial charge in [0.15, 0.2) is 5.78 Å². The van der Waals surface area contributed by atoms with Crippen LogP contribution in [0.2, 0.25) is 0 Å². The first-order valence-electron chi connectivity index (χ1n) is 5.51. The summed E-state index contributed by atoms with van der Waals surface area (Å²) >= 11 is 0. The lowest BCUT2D eigenvalue weighted by Crippen LogP contribution is -2.41. The standard InChI is InChI=1S/C10H23N3O3/c1-10(12,15)6-8(4-2-3-5-11)9(14)7-13-16/h8,13,15-16H,2-7,11-12H2,1H3/t8-,10?/m1/s1. The molecule has 1 unspecified atom stereocenters. The monoisotopic (exact) mass is 233 g/mol. The van der Waals surface area contributed by atoms with Crippen LogP contribution in [0.1, 0.15) is 32.6 Å². The molecule has 6 nitrogen and oxygen atoms in total. The highest BCUT2D eigenvalue weighted by Gasteiger charge is 2.25. The van der Waals surface area contributed by atoms with Crippen LogP contribution in [0.3, 0.4) is 0 Å². The van der Waals surface area contributed by atoms with Gasteiger partial charge in [0.1, 0.15) is 5.72 Å². The molecule has 0 fully saturated rings. The Morgan fingerprint density at radius 2 is 2.12 bits per heavy atom. The molecular formula is C10H23N3O3. The van der Waals surface area contributed by atoms with Gasteiger partial charge in [-0.2, -0.15) is 5.48 Å². The van der Waals surface area contributed by atoms with Gasteiger partial charge in [0.2, 0.25) is 0 Å². The van der Waals surface area contributed by atoms with E-state index in [1.165, 1.54) is 6.92 Å². The summed E-state index contributed by atoms with van der Waals surface area (Å²) in [6, 6.07) is 0. The minimum Gasteiger partial charge on any atom is -0.376 e. The molecule has 16 heavy (non-hydrogen) atoms. The van der Waals surface area contributed by atoms with Gasteiger partial charge in [0, 0.05) is 5.92 Å². The number of carbonyl (C=O) groups excluding carboxylic acids is 1.